The van der Waals surface area contributed by atoms with Crippen LogP contribution in [0, 0.1) is 0 Å². The molecular weight excluding hydrogens is 454 g/mol. The van der Waals surface area contributed by atoms with Crippen LogP contribution in [0.15, 0.2) is 24.4 Å². The summed E-state index contributed by atoms with van der Waals surface area (Å²) in [6, 6.07) is 4.58. The van der Waals surface area contributed by atoms with E-state index in [1.807, 2.05) is 18.0 Å². The normalized spacial score (nSPS) is 26.7. The van der Waals surface area contributed by atoms with Crippen molar-refractivity contribution in [2.75, 3.05) is 33.3 Å². The molecule has 1 unspecified atom stereocenters. The molecule has 3 fully saturated rings. The third-order valence-electron chi connectivity index (χ3n) is 7.23. The highest BCUT2D eigenvalue weighted by molar-refractivity contribution is 6.05. The molecule has 4 aliphatic rings. The van der Waals surface area contributed by atoms with Gasteiger partial charge < -0.3 is 19.4 Å². The highest BCUT2D eigenvalue weighted by Gasteiger charge is 2.42. The predicted molar refractivity (Wildman–Crippen MR) is 119 cm³/mol. The summed E-state index contributed by atoms with van der Waals surface area (Å²) in [4.78, 5) is 55.3. The maximum Gasteiger partial charge on any atom is 0.276 e. The molecule has 12 heteroatoms. The zero-order chi connectivity index (χ0) is 24.3. The van der Waals surface area contributed by atoms with Crippen LogP contribution in [0.1, 0.15) is 39.3 Å². The first-order valence-electron chi connectivity index (χ1n) is 11.7. The molecule has 1 aromatic carbocycles. The van der Waals surface area contributed by atoms with Crippen LogP contribution in [-0.4, -0.2) is 105 Å². The van der Waals surface area contributed by atoms with E-state index in [1.165, 1.54) is 9.58 Å². The summed E-state index contributed by atoms with van der Waals surface area (Å²) in [7, 11) is 2.01. The van der Waals surface area contributed by atoms with Crippen LogP contribution in [0.25, 0.3) is 5.69 Å². The number of rotatable bonds is 3. The van der Waals surface area contributed by atoms with Crippen LogP contribution in [0.4, 0.5) is 0 Å². The molecule has 0 radical (unpaired) electrons. The molecule has 0 spiro atoms. The van der Waals surface area contributed by atoms with E-state index in [2.05, 4.69) is 20.5 Å². The molecule has 3 saturated heterocycles. The lowest BCUT2D eigenvalue weighted by molar-refractivity contribution is -0.136. The molecule has 182 valence electrons. The largest absolute Gasteiger partial charge is 0.373 e. The Bertz CT molecular complexity index is 1240. The van der Waals surface area contributed by atoms with Gasteiger partial charge in [0.25, 0.3) is 11.8 Å². The number of hydrogen-bond donors (Lipinski definition) is 1. The highest BCUT2D eigenvalue weighted by Crippen LogP contribution is 2.29. The van der Waals surface area contributed by atoms with Gasteiger partial charge in [-0.2, -0.15) is 0 Å². The number of imide groups is 1. The Kier molecular flexibility index (Phi) is 5.15. The van der Waals surface area contributed by atoms with Gasteiger partial charge in [0.2, 0.25) is 11.8 Å². The number of carbonyl (C=O) groups excluding carboxylic acids is 4. The lowest BCUT2D eigenvalue weighted by Gasteiger charge is -2.36. The number of nitrogens with zero attached hydrogens (tertiary/aromatic N) is 6. The molecule has 6 rings (SSSR count). The molecular formula is C23H25N7O5. The number of amides is 4. The van der Waals surface area contributed by atoms with Crippen LogP contribution in [0.2, 0.25) is 0 Å². The van der Waals surface area contributed by atoms with Crippen molar-refractivity contribution in [1.29, 1.82) is 0 Å². The average Bonchev–Trinajstić information content (AvgIpc) is 3.55. The van der Waals surface area contributed by atoms with E-state index in [1.54, 1.807) is 18.3 Å². The van der Waals surface area contributed by atoms with Gasteiger partial charge in [0.05, 0.1) is 30.6 Å². The van der Waals surface area contributed by atoms with Gasteiger partial charge >= 0.3 is 0 Å². The number of likely N-dealkylation sites (N-methyl/N-ethyl adjacent to an activating group) is 1. The van der Waals surface area contributed by atoms with Crippen LogP contribution in [0.3, 0.4) is 0 Å². The summed E-state index contributed by atoms with van der Waals surface area (Å²) < 4.78 is 7.35. The second-order valence-electron chi connectivity index (χ2n) is 9.49. The Morgan fingerprint density at radius 2 is 2.06 bits per heavy atom. The summed E-state index contributed by atoms with van der Waals surface area (Å²) in [5.41, 5.74) is 2.18. The number of hydrogen-bond acceptors (Lipinski definition) is 8. The van der Waals surface area contributed by atoms with Crippen molar-refractivity contribution in [1.82, 2.24) is 35.0 Å². The van der Waals surface area contributed by atoms with Crippen LogP contribution in [-0.2, 0) is 20.9 Å². The van der Waals surface area contributed by atoms with Crippen LogP contribution in [0.5, 0.6) is 0 Å². The minimum Gasteiger partial charge on any atom is -0.373 e. The summed E-state index contributed by atoms with van der Waals surface area (Å²) in [6.45, 7) is 2.83. The third kappa shape index (κ3) is 3.69. The number of nitrogens with one attached hydrogen (secondary N) is 1. The van der Waals surface area contributed by atoms with Gasteiger partial charge in [0.15, 0.2) is 5.69 Å². The number of piperidine rings is 1. The monoisotopic (exact) mass is 479 g/mol. The molecule has 0 saturated carbocycles. The van der Waals surface area contributed by atoms with Crippen molar-refractivity contribution in [2.24, 2.45) is 0 Å². The maximum atomic E-state index is 13.2. The van der Waals surface area contributed by atoms with Crippen molar-refractivity contribution in [2.45, 2.75) is 37.6 Å². The molecule has 35 heavy (non-hydrogen) atoms. The third-order valence-corrected chi connectivity index (χ3v) is 7.23. The predicted octanol–water partition coefficient (Wildman–Crippen LogP) is -0.817. The van der Waals surface area contributed by atoms with E-state index < -0.39 is 11.9 Å². The highest BCUT2D eigenvalue weighted by atomic mass is 16.5. The summed E-state index contributed by atoms with van der Waals surface area (Å²) in [5.74, 6) is -1.17. The standard InChI is InChI=1S/C23H25N7O5/c1-27-11-18-19(12-27)35-7-6-28(18)23(34)16-10-30(26-25-16)14-2-3-15-13(8-14)9-29(22(15)33)17-4-5-20(31)24-21(17)32/h2-3,8,10,17-19H,4-7,9,11-12H2,1H3,(H,24,31,32)/t17?,18-,19+/m1/s1. The van der Waals surface area contributed by atoms with Crippen molar-refractivity contribution in [3.05, 3.63) is 41.2 Å². The smallest absolute Gasteiger partial charge is 0.276 e. The fraction of sp³-hybridized carbons (Fsp3) is 0.478. The first-order chi connectivity index (χ1) is 16.9. The van der Waals surface area contributed by atoms with Gasteiger partial charge in [-0.15, -0.1) is 5.10 Å². The number of aromatic nitrogens is 3. The Morgan fingerprint density at radius 3 is 2.89 bits per heavy atom. The van der Waals surface area contributed by atoms with E-state index in [-0.39, 0.29) is 48.5 Å². The number of likely N-dealkylation sites (tertiary alicyclic amines) is 1. The zero-order valence-electron chi connectivity index (χ0n) is 19.2. The number of fused-ring (bicyclic) bond motifs is 2. The second kappa shape index (κ2) is 8.24. The lowest BCUT2D eigenvalue weighted by atomic mass is 10.0. The van der Waals surface area contributed by atoms with Gasteiger partial charge in [-0.3, -0.25) is 24.5 Å². The summed E-state index contributed by atoms with van der Waals surface area (Å²) in [6.07, 6.45) is 2.13. The molecule has 4 aliphatic heterocycles. The minimum absolute atomic E-state index is 0.00401. The molecule has 4 amide bonds. The molecule has 1 N–H and O–H groups in total. The topological polar surface area (TPSA) is 130 Å². The minimum atomic E-state index is -0.668. The van der Waals surface area contributed by atoms with Gasteiger partial charge in [0, 0.05) is 38.2 Å². The Balaban J connectivity index is 1.20. The quantitative estimate of drug-likeness (QED) is 0.566. The SMILES string of the molecule is CN1C[C@@H]2OCCN(C(=O)c3cn(-c4ccc5c(c4)CN(C4CCC(=O)NC4=O)C5=O)nn3)[C@@H]2C1. The molecule has 5 heterocycles. The van der Waals surface area contributed by atoms with Gasteiger partial charge in [-0.25, -0.2) is 4.68 Å². The van der Waals surface area contributed by atoms with Crippen molar-refractivity contribution >= 4 is 23.6 Å². The molecule has 3 atom stereocenters. The molecule has 0 bridgehead atoms. The summed E-state index contributed by atoms with van der Waals surface area (Å²) in [5, 5.41) is 10.6. The Hall–Kier alpha value is -3.64. The number of carbonyl (C=O) groups is 4. The first kappa shape index (κ1) is 21.9. The van der Waals surface area contributed by atoms with Crippen molar-refractivity contribution in [3.8, 4) is 5.69 Å². The molecule has 2 aromatic rings. The molecule has 0 aliphatic carbocycles. The number of ether oxygens (including phenoxy) is 1. The fourth-order valence-corrected chi connectivity index (χ4v) is 5.46. The first-order valence-corrected chi connectivity index (χ1v) is 11.7. The average molecular weight is 479 g/mol. The van der Waals surface area contributed by atoms with Crippen LogP contribution >= 0.6 is 0 Å². The Labute approximate surface area is 200 Å². The van der Waals surface area contributed by atoms with E-state index in [0.717, 1.165) is 18.7 Å². The van der Waals surface area contributed by atoms with Crippen molar-refractivity contribution < 1.29 is 23.9 Å². The van der Waals surface area contributed by atoms with Gasteiger partial charge in [-0.1, -0.05) is 5.21 Å². The van der Waals surface area contributed by atoms with E-state index in [4.69, 9.17) is 4.74 Å². The van der Waals surface area contributed by atoms with E-state index in [0.29, 0.717) is 30.8 Å². The maximum absolute atomic E-state index is 13.2. The Morgan fingerprint density at radius 1 is 1.20 bits per heavy atom. The molecule has 1 aromatic heterocycles. The second-order valence-corrected chi connectivity index (χ2v) is 9.49. The fourth-order valence-electron chi connectivity index (χ4n) is 5.46. The van der Waals surface area contributed by atoms with E-state index in [9.17, 15) is 19.2 Å². The number of morpholine rings is 1. The lowest BCUT2D eigenvalue weighted by Crippen LogP contribution is -2.53. The molecule has 12 nitrogen and oxygen atoms in total. The summed E-state index contributed by atoms with van der Waals surface area (Å²) >= 11 is 0. The van der Waals surface area contributed by atoms with Crippen LogP contribution < -0.4 is 5.32 Å². The van der Waals surface area contributed by atoms with Gasteiger partial charge in [-0.05, 0) is 37.2 Å². The number of benzene rings is 1. The zero-order valence-corrected chi connectivity index (χ0v) is 19.2. The van der Waals surface area contributed by atoms with Crippen molar-refractivity contribution in [3.63, 3.8) is 0 Å². The van der Waals surface area contributed by atoms with E-state index >= 15 is 0 Å². The van der Waals surface area contributed by atoms with Gasteiger partial charge in [0.1, 0.15) is 6.04 Å².